The van der Waals surface area contributed by atoms with Crippen LogP contribution in [0, 0.1) is 0 Å². The summed E-state index contributed by atoms with van der Waals surface area (Å²) in [5, 5.41) is 9.58. The molecule has 0 fully saturated rings. The average molecular weight is 277 g/mol. The Bertz CT molecular complexity index is 608. The number of halogens is 1. The van der Waals surface area contributed by atoms with Gasteiger partial charge in [0.1, 0.15) is 17.1 Å². The van der Waals surface area contributed by atoms with Gasteiger partial charge in [0.05, 0.1) is 0 Å². The van der Waals surface area contributed by atoms with E-state index in [1.807, 2.05) is 31.2 Å². The maximum Gasteiger partial charge on any atom is 0.339 e. The molecule has 0 aliphatic carbocycles. The van der Waals surface area contributed by atoms with Crippen LogP contribution in [0.2, 0.25) is 5.02 Å². The highest BCUT2D eigenvalue weighted by atomic mass is 35.5. The van der Waals surface area contributed by atoms with Crippen molar-refractivity contribution >= 4 is 17.6 Å². The normalized spacial score (nSPS) is 10.2. The summed E-state index contributed by atoms with van der Waals surface area (Å²) in [6, 6.07) is 12.0. The smallest absolute Gasteiger partial charge is 0.339 e. The van der Waals surface area contributed by atoms with Crippen molar-refractivity contribution in [2.75, 3.05) is 0 Å². The Kier molecular flexibility index (Phi) is 4.07. The average Bonchev–Trinajstić information content (AvgIpc) is 2.39. The maximum absolute atomic E-state index is 11.2. The molecule has 19 heavy (non-hydrogen) atoms. The molecule has 98 valence electrons. The van der Waals surface area contributed by atoms with Crippen LogP contribution in [0.3, 0.4) is 0 Å². The molecule has 0 saturated heterocycles. The number of para-hydroxylation sites is 1. The molecule has 4 heteroatoms. The fourth-order valence-corrected chi connectivity index (χ4v) is 1.93. The molecule has 1 N–H and O–H groups in total. The van der Waals surface area contributed by atoms with Crippen LogP contribution in [0.15, 0.2) is 42.5 Å². The Hall–Kier alpha value is -2.00. The number of hydrogen-bond acceptors (Lipinski definition) is 2. The van der Waals surface area contributed by atoms with Gasteiger partial charge in [-0.3, -0.25) is 0 Å². The quantitative estimate of drug-likeness (QED) is 0.901. The van der Waals surface area contributed by atoms with Crippen molar-refractivity contribution in [3.63, 3.8) is 0 Å². The van der Waals surface area contributed by atoms with Crippen LogP contribution >= 0.6 is 11.6 Å². The molecule has 0 aliphatic heterocycles. The van der Waals surface area contributed by atoms with Crippen LogP contribution in [0.5, 0.6) is 11.5 Å². The van der Waals surface area contributed by atoms with E-state index in [4.69, 9.17) is 21.4 Å². The van der Waals surface area contributed by atoms with Crippen LogP contribution in [-0.2, 0) is 6.42 Å². The fraction of sp³-hybridized carbons (Fsp3) is 0.133. The summed E-state index contributed by atoms with van der Waals surface area (Å²) < 4.78 is 5.71. The lowest BCUT2D eigenvalue weighted by atomic mass is 10.1. The van der Waals surface area contributed by atoms with Crippen molar-refractivity contribution in [3.05, 3.63) is 58.6 Å². The van der Waals surface area contributed by atoms with E-state index in [1.165, 1.54) is 18.2 Å². The second-order valence-electron chi connectivity index (χ2n) is 4.01. The van der Waals surface area contributed by atoms with Gasteiger partial charge in [0.25, 0.3) is 0 Å². The number of hydrogen-bond donors (Lipinski definition) is 1. The van der Waals surface area contributed by atoms with E-state index < -0.39 is 5.97 Å². The Balaban J connectivity index is 2.42. The Labute approximate surface area is 116 Å². The second kappa shape index (κ2) is 5.76. The summed E-state index contributed by atoms with van der Waals surface area (Å²) in [4.78, 5) is 11.2. The highest BCUT2D eigenvalue weighted by Gasteiger charge is 2.13. The van der Waals surface area contributed by atoms with Gasteiger partial charge >= 0.3 is 5.97 Å². The standard InChI is InChI=1S/C15H13ClO3/c1-2-10-5-3-4-6-13(10)19-14-9-11(16)7-8-12(14)15(17)18/h3-9H,2H2,1H3,(H,17,18). The predicted molar refractivity (Wildman–Crippen MR) is 74.3 cm³/mol. The van der Waals surface area contributed by atoms with Gasteiger partial charge in [0.15, 0.2) is 0 Å². The molecule has 3 nitrogen and oxygen atoms in total. The third kappa shape index (κ3) is 3.06. The molecule has 0 spiro atoms. The zero-order chi connectivity index (χ0) is 13.8. The summed E-state index contributed by atoms with van der Waals surface area (Å²) in [5.74, 6) is -0.142. The number of carbonyl (C=O) groups is 1. The molecule has 0 atom stereocenters. The van der Waals surface area contributed by atoms with Crippen molar-refractivity contribution in [1.29, 1.82) is 0 Å². The van der Waals surface area contributed by atoms with Gasteiger partial charge in [-0.1, -0.05) is 36.7 Å². The molecule has 0 amide bonds. The number of aryl methyl sites for hydroxylation is 1. The zero-order valence-electron chi connectivity index (χ0n) is 10.4. The van der Waals surface area contributed by atoms with Crippen LogP contribution in [0.1, 0.15) is 22.8 Å². The monoisotopic (exact) mass is 276 g/mol. The van der Waals surface area contributed by atoms with Crippen molar-refractivity contribution in [1.82, 2.24) is 0 Å². The van der Waals surface area contributed by atoms with Crippen molar-refractivity contribution in [2.45, 2.75) is 13.3 Å². The molecule has 0 heterocycles. The lowest BCUT2D eigenvalue weighted by Gasteiger charge is -2.12. The first-order valence-electron chi connectivity index (χ1n) is 5.90. The molecule has 2 aromatic rings. The van der Waals surface area contributed by atoms with Crippen LogP contribution in [-0.4, -0.2) is 11.1 Å². The lowest BCUT2D eigenvalue weighted by Crippen LogP contribution is -2.00. The summed E-state index contributed by atoms with van der Waals surface area (Å²) in [5.41, 5.74) is 1.11. The molecule has 0 radical (unpaired) electrons. The molecule has 2 rings (SSSR count). The molecular weight excluding hydrogens is 264 g/mol. The van der Waals surface area contributed by atoms with E-state index in [9.17, 15) is 4.79 Å². The van der Waals surface area contributed by atoms with E-state index in [2.05, 4.69) is 0 Å². The van der Waals surface area contributed by atoms with Gasteiger partial charge < -0.3 is 9.84 Å². The minimum absolute atomic E-state index is 0.0929. The molecule has 2 aromatic carbocycles. The Morgan fingerprint density at radius 3 is 2.63 bits per heavy atom. The van der Waals surface area contributed by atoms with Crippen molar-refractivity contribution < 1.29 is 14.6 Å². The van der Waals surface area contributed by atoms with Gasteiger partial charge in [-0.25, -0.2) is 4.79 Å². The second-order valence-corrected chi connectivity index (χ2v) is 4.45. The minimum atomic E-state index is -1.04. The van der Waals surface area contributed by atoms with Gasteiger partial charge in [-0.05, 0) is 30.2 Å². The highest BCUT2D eigenvalue weighted by Crippen LogP contribution is 2.30. The minimum Gasteiger partial charge on any atom is -0.478 e. The van der Waals surface area contributed by atoms with Crippen molar-refractivity contribution in [2.24, 2.45) is 0 Å². The van der Waals surface area contributed by atoms with E-state index in [0.717, 1.165) is 12.0 Å². The number of carboxylic acid groups (broad SMARTS) is 1. The number of ether oxygens (including phenoxy) is 1. The first-order chi connectivity index (χ1) is 9.11. The summed E-state index contributed by atoms with van der Waals surface area (Å²) in [7, 11) is 0. The summed E-state index contributed by atoms with van der Waals surface area (Å²) >= 11 is 5.89. The highest BCUT2D eigenvalue weighted by molar-refractivity contribution is 6.30. The van der Waals surface area contributed by atoms with E-state index in [1.54, 1.807) is 0 Å². The van der Waals surface area contributed by atoms with Gasteiger partial charge in [-0.15, -0.1) is 0 Å². The zero-order valence-corrected chi connectivity index (χ0v) is 11.1. The van der Waals surface area contributed by atoms with Gasteiger partial charge in [-0.2, -0.15) is 0 Å². The topological polar surface area (TPSA) is 46.5 Å². The largest absolute Gasteiger partial charge is 0.478 e. The fourth-order valence-electron chi connectivity index (χ4n) is 1.77. The molecule has 0 unspecified atom stereocenters. The summed E-state index contributed by atoms with van der Waals surface area (Å²) in [6.45, 7) is 2.01. The first kappa shape index (κ1) is 13.4. The number of aromatic carboxylic acids is 1. The molecule has 0 aromatic heterocycles. The van der Waals surface area contributed by atoms with Gasteiger partial charge in [0, 0.05) is 11.1 Å². The molecule has 0 saturated carbocycles. The van der Waals surface area contributed by atoms with Crippen LogP contribution in [0.25, 0.3) is 0 Å². The third-order valence-electron chi connectivity index (χ3n) is 2.75. The van der Waals surface area contributed by atoms with Gasteiger partial charge in [0.2, 0.25) is 0 Å². The Morgan fingerprint density at radius 1 is 1.21 bits per heavy atom. The van der Waals surface area contributed by atoms with E-state index >= 15 is 0 Å². The maximum atomic E-state index is 11.2. The Morgan fingerprint density at radius 2 is 1.95 bits per heavy atom. The molecule has 0 bridgehead atoms. The SMILES string of the molecule is CCc1ccccc1Oc1cc(Cl)ccc1C(=O)O. The first-order valence-corrected chi connectivity index (χ1v) is 6.28. The molecular formula is C15H13ClO3. The summed E-state index contributed by atoms with van der Waals surface area (Å²) in [6.07, 6.45) is 0.805. The van der Waals surface area contributed by atoms with Crippen molar-refractivity contribution in [3.8, 4) is 11.5 Å². The number of rotatable bonds is 4. The van der Waals surface area contributed by atoms with E-state index in [-0.39, 0.29) is 11.3 Å². The number of carboxylic acids is 1. The number of benzene rings is 2. The van der Waals surface area contributed by atoms with E-state index in [0.29, 0.717) is 10.8 Å². The predicted octanol–water partition coefficient (Wildman–Crippen LogP) is 4.39. The molecule has 0 aliphatic rings. The lowest BCUT2D eigenvalue weighted by molar-refractivity contribution is 0.0694. The van der Waals surface area contributed by atoms with Crippen LogP contribution < -0.4 is 4.74 Å². The van der Waals surface area contributed by atoms with Crippen LogP contribution in [0.4, 0.5) is 0 Å². The third-order valence-corrected chi connectivity index (χ3v) is 2.98.